The molecule has 0 radical (unpaired) electrons. The van der Waals surface area contributed by atoms with Gasteiger partial charge in [0.15, 0.2) is 0 Å². The summed E-state index contributed by atoms with van der Waals surface area (Å²) in [5, 5.41) is 7.50. The molecule has 5 nitrogen and oxygen atoms in total. The van der Waals surface area contributed by atoms with Crippen LogP contribution in [0.25, 0.3) is 0 Å². The summed E-state index contributed by atoms with van der Waals surface area (Å²) >= 11 is 0. The second kappa shape index (κ2) is 5.43. The van der Waals surface area contributed by atoms with Crippen molar-refractivity contribution in [3.8, 4) is 0 Å². The number of ether oxygens (including phenoxy) is 1. The fraction of sp³-hybridized carbons (Fsp3) is 0.727. The van der Waals surface area contributed by atoms with Crippen LogP contribution < -0.4 is 11.1 Å². The molecular weight excluding hydrogens is 204 g/mol. The SMILES string of the molecule is Cn1cc(C(N)CNCC2CCOC2)cn1. The van der Waals surface area contributed by atoms with Crippen molar-refractivity contribution in [2.45, 2.75) is 12.5 Å². The third-order valence-electron chi connectivity index (χ3n) is 2.97. The Labute approximate surface area is 96.0 Å². The summed E-state index contributed by atoms with van der Waals surface area (Å²) in [6, 6.07) is 0.0241. The Morgan fingerprint density at radius 3 is 3.25 bits per heavy atom. The van der Waals surface area contributed by atoms with Crippen LogP contribution in [0.5, 0.6) is 0 Å². The van der Waals surface area contributed by atoms with Gasteiger partial charge in [-0.05, 0) is 12.3 Å². The average molecular weight is 224 g/mol. The molecule has 2 unspecified atom stereocenters. The van der Waals surface area contributed by atoms with Gasteiger partial charge >= 0.3 is 0 Å². The molecule has 5 heteroatoms. The minimum Gasteiger partial charge on any atom is -0.381 e. The van der Waals surface area contributed by atoms with E-state index in [-0.39, 0.29) is 6.04 Å². The first-order valence-corrected chi connectivity index (χ1v) is 5.78. The lowest BCUT2D eigenvalue weighted by atomic mass is 10.1. The second-order valence-electron chi connectivity index (χ2n) is 4.44. The van der Waals surface area contributed by atoms with E-state index in [1.807, 2.05) is 19.4 Å². The molecule has 1 aromatic rings. The van der Waals surface area contributed by atoms with E-state index in [1.165, 1.54) is 0 Å². The molecule has 0 saturated carbocycles. The van der Waals surface area contributed by atoms with Crippen molar-refractivity contribution in [2.24, 2.45) is 18.7 Å². The van der Waals surface area contributed by atoms with Gasteiger partial charge in [0.25, 0.3) is 0 Å². The first-order valence-electron chi connectivity index (χ1n) is 5.78. The van der Waals surface area contributed by atoms with E-state index < -0.39 is 0 Å². The Morgan fingerprint density at radius 1 is 1.75 bits per heavy atom. The Balaban J connectivity index is 1.69. The highest BCUT2D eigenvalue weighted by Crippen LogP contribution is 2.11. The highest BCUT2D eigenvalue weighted by atomic mass is 16.5. The van der Waals surface area contributed by atoms with Crippen LogP contribution in [0.2, 0.25) is 0 Å². The molecule has 0 aromatic carbocycles. The van der Waals surface area contributed by atoms with E-state index in [4.69, 9.17) is 10.5 Å². The van der Waals surface area contributed by atoms with Crippen molar-refractivity contribution in [1.82, 2.24) is 15.1 Å². The summed E-state index contributed by atoms with van der Waals surface area (Å²) < 4.78 is 7.10. The number of aryl methyl sites for hydroxylation is 1. The summed E-state index contributed by atoms with van der Waals surface area (Å²) in [5.41, 5.74) is 7.13. The maximum Gasteiger partial charge on any atom is 0.0537 e. The molecule has 1 saturated heterocycles. The van der Waals surface area contributed by atoms with Gasteiger partial charge in [-0.25, -0.2) is 0 Å². The Morgan fingerprint density at radius 2 is 2.62 bits per heavy atom. The fourth-order valence-corrected chi connectivity index (χ4v) is 1.94. The normalized spacial score (nSPS) is 22.5. The van der Waals surface area contributed by atoms with E-state index in [0.29, 0.717) is 5.92 Å². The lowest BCUT2D eigenvalue weighted by molar-refractivity contribution is 0.185. The lowest BCUT2D eigenvalue weighted by Crippen LogP contribution is -2.30. The molecule has 0 spiro atoms. The molecule has 0 aliphatic carbocycles. The summed E-state index contributed by atoms with van der Waals surface area (Å²) in [7, 11) is 1.90. The van der Waals surface area contributed by atoms with Crippen LogP contribution >= 0.6 is 0 Å². The molecule has 2 atom stereocenters. The van der Waals surface area contributed by atoms with Crippen molar-refractivity contribution < 1.29 is 4.74 Å². The third kappa shape index (κ3) is 3.04. The first kappa shape index (κ1) is 11.6. The number of aromatic nitrogens is 2. The van der Waals surface area contributed by atoms with Crippen LogP contribution in [0.3, 0.4) is 0 Å². The van der Waals surface area contributed by atoms with Gasteiger partial charge in [-0.15, -0.1) is 0 Å². The monoisotopic (exact) mass is 224 g/mol. The standard InChI is InChI=1S/C11H20N4O/c1-15-7-10(5-14-15)11(12)6-13-4-9-2-3-16-8-9/h5,7,9,11,13H,2-4,6,8,12H2,1H3. The van der Waals surface area contributed by atoms with Gasteiger partial charge < -0.3 is 15.8 Å². The molecule has 2 rings (SSSR count). The maximum atomic E-state index is 6.05. The molecule has 3 N–H and O–H groups in total. The van der Waals surface area contributed by atoms with E-state index in [9.17, 15) is 0 Å². The zero-order valence-corrected chi connectivity index (χ0v) is 9.72. The number of nitrogens with two attached hydrogens (primary N) is 1. The van der Waals surface area contributed by atoms with Crippen LogP contribution in [0.1, 0.15) is 18.0 Å². The number of nitrogens with one attached hydrogen (secondary N) is 1. The summed E-state index contributed by atoms with van der Waals surface area (Å²) in [4.78, 5) is 0. The second-order valence-corrected chi connectivity index (χ2v) is 4.44. The van der Waals surface area contributed by atoms with Gasteiger partial charge in [0, 0.05) is 44.5 Å². The van der Waals surface area contributed by atoms with Crippen LogP contribution in [0, 0.1) is 5.92 Å². The number of hydrogen-bond acceptors (Lipinski definition) is 4. The quantitative estimate of drug-likeness (QED) is 0.741. The zero-order chi connectivity index (χ0) is 11.4. The molecule has 1 fully saturated rings. The largest absolute Gasteiger partial charge is 0.381 e. The molecule has 1 aliphatic heterocycles. The molecule has 1 aliphatic rings. The minimum absolute atomic E-state index is 0.0241. The molecular formula is C11H20N4O. The molecule has 0 bridgehead atoms. The predicted octanol–water partition coefficient (Wildman–Crippen LogP) is 0.0460. The van der Waals surface area contributed by atoms with Crippen molar-refractivity contribution in [3.05, 3.63) is 18.0 Å². The van der Waals surface area contributed by atoms with Gasteiger partial charge in [-0.1, -0.05) is 0 Å². The number of rotatable bonds is 5. The van der Waals surface area contributed by atoms with Crippen molar-refractivity contribution >= 4 is 0 Å². The molecule has 0 amide bonds. The van der Waals surface area contributed by atoms with E-state index in [0.717, 1.165) is 38.3 Å². The Kier molecular flexibility index (Phi) is 3.93. The molecule has 90 valence electrons. The smallest absolute Gasteiger partial charge is 0.0537 e. The topological polar surface area (TPSA) is 65.1 Å². The Hall–Kier alpha value is -0.910. The van der Waals surface area contributed by atoms with Crippen molar-refractivity contribution in [3.63, 3.8) is 0 Å². The zero-order valence-electron chi connectivity index (χ0n) is 9.72. The molecule has 1 aromatic heterocycles. The summed E-state index contributed by atoms with van der Waals surface area (Å²) in [6.07, 6.45) is 4.95. The van der Waals surface area contributed by atoms with Gasteiger partial charge in [-0.3, -0.25) is 4.68 Å². The van der Waals surface area contributed by atoms with Crippen molar-refractivity contribution in [2.75, 3.05) is 26.3 Å². The Bertz CT molecular complexity index is 320. The maximum absolute atomic E-state index is 6.05. The first-order chi connectivity index (χ1) is 7.75. The van der Waals surface area contributed by atoms with Crippen LogP contribution in [0.15, 0.2) is 12.4 Å². The predicted molar refractivity (Wildman–Crippen MR) is 61.9 cm³/mol. The summed E-state index contributed by atoms with van der Waals surface area (Å²) in [6.45, 7) is 3.58. The van der Waals surface area contributed by atoms with E-state index >= 15 is 0 Å². The molecule has 16 heavy (non-hydrogen) atoms. The van der Waals surface area contributed by atoms with Gasteiger partial charge in [-0.2, -0.15) is 5.10 Å². The fourth-order valence-electron chi connectivity index (χ4n) is 1.94. The van der Waals surface area contributed by atoms with Crippen LogP contribution in [-0.4, -0.2) is 36.1 Å². The number of nitrogens with zero attached hydrogens (tertiary/aromatic N) is 2. The molecule has 2 heterocycles. The minimum atomic E-state index is 0.0241. The van der Waals surface area contributed by atoms with E-state index in [2.05, 4.69) is 10.4 Å². The van der Waals surface area contributed by atoms with Gasteiger partial charge in [0.05, 0.1) is 12.8 Å². The number of hydrogen-bond donors (Lipinski definition) is 2. The average Bonchev–Trinajstić information content (AvgIpc) is 2.89. The van der Waals surface area contributed by atoms with Crippen LogP contribution in [-0.2, 0) is 11.8 Å². The van der Waals surface area contributed by atoms with E-state index in [1.54, 1.807) is 4.68 Å². The van der Waals surface area contributed by atoms with Crippen molar-refractivity contribution in [1.29, 1.82) is 0 Å². The highest BCUT2D eigenvalue weighted by molar-refractivity contribution is 5.09. The third-order valence-corrected chi connectivity index (χ3v) is 2.97. The highest BCUT2D eigenvalue weighted by Gasteiger charge is 2.15. The van der Waals surface area contributed by atoms with Crippen LogP contribution in [0.4, 0.5) is 0 Å². The lowest BCUT2D eigenvalue weighted by Gasteiger charge is -2.13. The summed E-state index contributed by atoms with van der Waals surface area (Å²) in [5.74, 6) is 0.654. The van der Waals surface area contributed by atoms with Gasteiger partial charge in [0.2, 0.25) is 0 Å². The van der Waals surface area contributed by atoms with Gasteiger partial charge in [0.1, 0.15) is 0 Å².